The van der Waals surface area contributed by atoms with E-state index in [2.05, 4.69) is 15.9 Å². The number of nitrogen functional groups attached to an aromatic ring is 1. The summed E-state index contributed by atoms with van der Waals surface area (Å²) in [5, 5.41) is 19.8. The number of hydrogen-bond donors (Lipinski definition) is 3. The van der Waals surface area contributed by atoms with Gasteiger partial charge in [0.1, 0.15) is 6.10 Å². The van der Waals surface area contributed by atoms with Crippen LogP contribution in [0.4, 0.5) is 5.69 Å². The Labute approximate surface area is 98.1 Å². The van der Waals surface area contributed by atoms with Crippen molar-refractivity contribution < 1.29 is 10.2 Å². The van der Waals surface area contributed by atoms with Crippen molar-refractivity contribution in [3.63, 3.8) is 0 Å². The van der Waals surface area contributed by atoms with Crippen LogP contribution in [-0.4, -0.2) is 21.6 Å². The average molecular weight is 274 g/mol. The van der Waals surface area contributed by atoms with Crippen molar-refractivity contribution in [2.24, 2.45) is 0 Å². The van der Waals surface area contributed by atoms with Gasteiger partial charge in [-0.25, -0.2) is 0 Å². The van der Waals surface area contributed by atoms with Crippen LogP contribution in [0.3, 0.4) is 0 Å². The highest BCUT2D eigenvalue weighted by molar-refractivity contribution is 9.09. The van der Waals surface area contributed by atoms with E-state index in [1.807, 2.05) is 13.8 Å². The molecule has 84 valence electrons. The van der Waals surface area contributed by atoms with E-state index in [-0.39, 0.29) is 0 Å². The summed E-state index contributed by atoms with van der Waals surface area (Å²) in [4.78, 5) is 0. The molecule has 4 N–H and O–H groups in total. The largest absolute Gasteiger partial charge is 0.399 e. The number of rotatable bonds is 3. The minimum atomic E-state index is -0.870. The Morgan fingerprint density at radius 1 is 1.27 bits per heavy atom. The third-order valence-electron chi connectivity index (χ3n) is 2.43. The zero-order valence-corrected chi connectivity index (χ0v) is 10.5. The molecule has 0 bridgehead atoms. The monoisotopic (exact) mass is 273 g/mol. The molecule has 0 radical (unpaired) electrons. The van der Waals surface area contributed by atoms with Crippen LogP contribution in [0.1, 0.15) is 22.8 Å². The Morgan fingerprint density at radius 2 is 1.73 bits per heavy atom. The van der Waals surface area contributed by atoms with Gasteiger partial charge in [0, 0.05) is 11.0 Å². The van der Waals surface area contributed by atoms with E-state index in [9.17, 15) is 10.2 Å². The van der Waals surface area contributed by atoms with Crippen molar-refractivity contribution >= 4 is 21.6 Å². The second-order valence-corrected chi connectivity index (χ2v) is 4.38. The highest BCUT2D eigenvalue weighted by Gasteiger charge is 2.20. The average Bonchev–Trinajstić information content (AvgIpc) is 2.14. The Bertz CT molecular complexity index is 331. The van der Waals surface area contributed by atoms with Crippen LogP contribution >= 0.6 is 15.9 Å². The molecule has 0 saturated heterocycles. The van der Waals surface area contributed by atoms with Gasteiger partial charge in [-0.3, -0.25) is 0 Å². The van der Waals surface area contributed by atoms with E-state index < -0.39 is 12.2 Å². The lowest BCUT2D eigenvalue weighted by Gasteiger charge is -2.20. The molecule has 0 heterocycles. The first-order valence-electron chi connectivity index (χ1n) is 4.76. The van der Waals surface area contributed by atoms with Crippen molar-refractivity contribution in [3.8, 4) is 0 Å². The maximum absolute atomic E-state index is 9.92. The number of aliphatic hydroxyl groups is 2. The maximum atomic E-state index is 9.92. The van der Waals surface area contributed by atoms with Gasteiger partial charge in [-0.05, 0) is 42.7 Å². The van der Waals surface area contributed by atoms with E-state index in [1.54, 1.807) is 12.1 Å². The number of hydrogen-bond acceptors (Lipinski definition) is 3. The van der Waals surface area contributed by atoms with Crippen molar-refractivity contribution in [1.82, 2.24) is 0 Å². The number of halogens is 1. The van der Waals surface area contributed by atoms with Gasteiger partial charge < -0.3 is 15.9 Å². The fourth-order valence-electron chi connectivity index (χ4n) is 1.75. The number of alkyl halides is 1. The molecule has 0 amide bonds. The molecular formula is C11H16BrNO2. The van der Waals surface area contributed by atoms with E-state index >= 15 is 0 Å². The summed E-state index contributed by atoms with van der Waals surface area (Å²) in [6.45, 7) is 3.76. The molecule has 0 saturated carbocycles. The van der Waals surface area contributed by atoms with E-state index in [4.69, 9.17) is 5.73 Å². The molecule has 2 atom stereocenters. The van der Waals surface area contributed by atoms with E-state index in [0.717, 1.165) is 16.7 Å². The summed E-state index contributed by atoms with van der Waals surface area (Å²) in [6.07, 6.45) is -1.67. The standard InChI is InChI=1S/C11H16BrNO2/c1-6-3-8(13)4-7(2)10(6)11(15)9(14)5-12/h3-4,9,11,14-15H,5,13H2,1-2H3. The van der Waals surface area contributed by atoms with Gasteiger partial charge in [0.05, 0.1) is 6.10 Å². The molecule has 1 rings (SSSR count). The molecular weight excluding hydrogens is 258 g/mol. The molecule has 2 unspecified atom stereocenters. The van der Waals surface area contributed by atoms with Gasteiger partial charge >= 0.3 is 0 Å². The van der Waals surface area contributed by atoms with Crippen LogP contribution in [-0.2, 0) is 0 Å². The van der Waals surface area contributed by atoms with Crippen molar-refractivity contribution in [3.05, 3.63) is 28.8 Å². The molecule has 15 heavy (non-hydrogen) atoms. The van der Waals surface area contributed by atoms with Crippen molar-refractivity contribution in [2.45, 2.75) is 26.1 Å². The van der Waals surface area contributed by atoms with Crippen LogP contribution in [0.15, 0.2) is 12.1 Å². The van der Waals surface area contributed by atoms with Crippen molar-refractivity contribution in [1.29, 1.82) is 0 Å². The number of nitrogens with two attached hydrogens (primary N) is 1. The van der Waals surface area contributed by atoms with Crippen LogP contribution in [0.2, 0.25) is 0 Å². The van der Waals surface area contributed by atoms with Gasteiger partial charge in [0.25, 0.3) is 0 Å². The quantitative estimate of drug-likeness (QED) is 0.580. The molecule has 0 aliphatic carbocycles. The van der Waals surface area contributed by atoms with Gasteiger partial charge in [-0.15, -0.1) is 0 Å². The predicted octanol–water partition coefficient (Wildman–Crippen LogP) is 1.67. The Hall–Kier alpha value is -0.580. The Morgan fingerprint density at radius 3 is 2.13 bits per heavy atom. The fourth-order valence-corrected chi connectivity index (χ4v) is 2.11. The van der Waals surface area contributed by atoms with Crippen molar-refractivity contribution in [2.75, 3.05) is 11.1 Å². The summed E-state index contributed by atoms with van der Waals surface area (Å²) >= 11 is 3.14. The molecule has 0 aliphatic heterocycles. The first kappa shape index (κ1) is 12.5. The SMILES string of the molecule is Cc1cc(N)cc(C)c1C(O)C(O)CBr. The highest BCUT2D eigenvalue weighted by atomic mass is 79.9. The van der Waals surface area contributed by atoms with E-state index in [1.165, 1.54) is 0 Å². The van der Waals surface area contributed by atoms with E-state index in [0.29, 0.717) is 11.0 Å². The first-order chi connectivity index (χ1) is 6.97. The molecule has 4 heteroatoms. The molecule has 0 aromatic heterocycles. The zero-order chi connectivity index (χ0) is 11.6. The van der Waals surface area contributed by atoms with Gasteiger partial charge in [-0.2, -0.15) is 0 Å². The smallest absolute Gasteiger partial charge is 0.106 e. The zero-order valence-electron chi connectivity index (χ0n) is 8.87. The fraction of sp³-hybridized carbons (Fsp3) is 0.455. The predicted molar refractivity (Wildman–Crippen MR) is 65.1 cm³/mol. The second kappa shape index (κ2) is 4.96. The lowest BCUT2D eigenvalue weighted by Crippen LogP contribution is -2.21. The molecule has 0 fully saturated rings. The van der Waals surface area contributed by atoms with Gasteiger partial charge in [0.15, 0.2) is 0 Å². The summed E-state index contributed by atoms with van der Waals surface area (Å²) in [7, 11) is 0. The lowest BCUT2D eigenvalue weighted by molar-refractivity contribution is 0.0335. The maximum Gasteiger partial charge on any atom is 0.106 e. The molecule has 0 spiro atoms. The summed E-state index contributed by atoms with van der Waals surface area (Å²) in [5.41, 5.74) is 8.92. The number of anilines is 1. The normalized spacial score (nSPS) is 15.0. The van der Waals surface area contributed by atoms with Gasteiger partial charge in [-0.1, -0.05) is 15.9 Å². The Balaban J connectivity index is 3.13. The molecule has 3 nitrogen and oxygen atoms in total. The third kappa shape index (κ3) is 2.71. The molecule has 0 aliphatic rings. The number of aryl methyl sites for hydroxylation is 2. The number of aliphatic hydroxyl groups excluding tert-OH is 2. The second-order valence-electron chi connectivity index (χ2n) is 3.73. The first-order valence-corrected chi connectivity index (χ1v) is 5.88. The lowest BCUT2D eigenvalue weighted by atomic mass is 9.95. The summed E-state index contributed by atoms with van der Waals surface area (Å²) in [5.74, 6) is 0. The number of benzene rings is 1. The highest BCUT2D eigenvalue weighted by Crippen LogP contribution is 2.27. The summed E-state index contributed by atoms with van der Waals surface area (Å²) < 4.78 is 0. The minimum absolute atomic E-state index is 0.345. The topological polar surface area (TPSA) is 66.5 Å². The molecule has 1 aromatic carbocycles. The van der Waals surface area contributed by atoms with Gasteiger partial charge in [0.2, 0.25) is 0 Å². The Kier molecular flexibility index (Phi) is 4.13. The van der Waals surface area contributed by atoms with Crippen LogP contribution in [0.5, 0.6) is 0 Å². The minimum Gasteiger partial charge on any atom is -0.399 e. The third-order valence-corrected chi connectivity index (χ3v) is 3.10. The summed E-state index contributed by atoms with van der Waals surface area (Å²) in [6, 6.07) is 3.60. The van der Waals surface area contributed by atoms with Crippen LogP contribution < -0.4 is 5.73 Å². The van der Waals surface area contributed by atoms with Crippen LogP contribution in [0.25, 0.3) is 0 Å². The van der Waals surface area contributed by atoms with Crippen LogP contribution in [0, 0.1) is 13.8 Å². The molecule has 1 aromatic rings.